The standard InChI is InChI=1S/C17H22N2O2/c1-4-14(18)17(13-6-5-9-19-11-13)21-15-8-7-12(2)10-16(15)20-3/h5-11,14,17H,4,18H2,1-3H3. The largest absolute Gasteiger partial charge is 0.493 e. The Hall–Kier alpha value is -2.07. The van der Waals surface area contributed by atoms with E-state index in [1.807, 2.05) is 44.2 Å². The van der Waals surface area contributed by atoms with Gasteiger partial charge in [-0.05, 0) is 37.1 Å². The Kier molecular flexibility index (Phi) is 5.17. The van der Waals surface area contributed by atoms with Gasteiger partial charge in [-0.3, -0.25) is 4.98 Å². The van der Waals surface area contributed by atoms with Gasteiger partial charge in [0.25, 0.3) is 0 Å². The van der Waals surface area contributed by atoms with Crippen molar-refractivity contribution in [1.29, 1.82) is 0 Å². The summed E-state index contributed by atoms with van der Waals surface area (Å²) < 4.78 is 11.5. The SMILES string of the molecule is CCC(N)C(Oc1ccc(C)cc1OC)c1cccnc1. The van der Waals surface area contributed by atoms with E-state index in [0.717, 1.165) is 17.5 Å². The number of nitrogens with zero attached hydrogens (tertiary/aromatic N) is 1. The van der Waals surface area contributed by atoms with Crippen LogP contribution in [0.2, 0.25) is 0 Å². The number of aryl methyl sites for hydroxylation is 1. The summed E-state index contributed by atoms with van der Waals surface area (Å²) in [5, 5.41) is 0. The first-order valence-electron chi connectivity index (χ1n) is 7.12. The molecule has 0 aliphatic carbocycles. The average molecular weight is 286 g/mol. The molecule has 0 aliphatic rings. The Bertz CT molecular complexity index is 572. The Labute approximate surface area is 125 Å². The fraction of sp³-hybridized carbons (Fsp3) is 0.353. The highest BCUT2D eigenvalue weighted by molar-refractivity contribution is 5.43. The van der Waals surface area contributed by atoms with E-state index in [1.165, 1.54) is 0 Å². The fourth-order valence-corrected chi connectivity index (χ4v) is 2.17. The zero-order chi connectivity index (χ0) is 15.2. The zero-order valence-electron chi connectivity index (χ0n) is 12.7. The van der Waals surface area contributed by atoms with Crippen LogP contribution in [0.25, 0.3) is 0 Å². The summed E-state index contributed by atoms with van der Waals surface area (Å²) in [5.41, 5.74) is 8.31. The van der Waals surface area contributed by atoms with Crippen molar-refractivity contribution in [1.82, 2.24) is 4.98 Å². The van der Waals surface area contributed by atoms with Gasteiger partial charge in [0.15, 0.2) is 11.5 Å². The van der Waals surface area contributed by atoms with Gasteiger partial charge in [-0.1, -0.05) is 19.1 Å². The fourth-order valence-electron chi connectivity index (χ4n) is 2.17. The minimum atomic E-state index is -0.250. The number of benzene rings is 1. The van der Waals surface area contributed by atoms with Crippen LogP contribution in [0.3, 0.4) is 0 Å². The lowest BCUT2D eigenvalue weighted by atomic mass is 10.0. The minimum Gasteiger partial charge on any atom is -0.493 e. The van der Waals surface area contributed by atoms with Crippen LogP contribution in [0.5, 0.6) is 11.5 Å². The molecule has 4 heteroatoms. The number of ether oxygens (including phenoxy) is 2. The van der Waals surface area contributed by atoms with Crippen LogP contribution >= 0.6 is 0 Å². The number of hydrogen-bond donors (Lipinski definition) is 1. The molecule has 0 radical (unpaired) electrons. The first-order valence-corrected chi connectivity index (χ1v) is 7.12. The summed E-state index contributed by atoms with van der Waals surface area (Å²) >= 11 is 0. The molecule has 1 aromatic heterocycles. The molecule has 0 saturated heterocycles. The normalized spacial score (nSPS) is 13.5. The molecule has 2 N–H and O–H groups in total. The smallest absolute Gasteiger partial charge is 0.162 e. The number of hydrogen-bond acceptors (Lipinski definition) is 4. The van der Waals surface area contributed by atoms with E-state index in [-0.39, 0.29) is 12.1 Å². The van der Waals surface area contributed by atoms with Crippen LogP contribution in [0.4, 0.5) is 0 Å². The predicted molar refractivity (Wildman–Crippen MR) is 83.6 cm³/mol. The van der Waals surface area contributed by atoms with Gasteiger partial charge in [0.1, 0.15) is 6.10 Å². The van der Waals surface area contributed by atoms with E-state index >= 15 is 0 Å². The molecule has 1 heterocycles. The Morgan fingerprint density at radius 2 is 2.05 bits per heavy atom. The second-order valence-corrected chi connectivity index (χ2v) is 5.05. The predicted octanol–water partition coefficient (Wildman–Crippen LogP) is 3.26. The summed E-state index contributed by atoms with van der Waals surface area (Å²) in [6.45, 7) is 4.06. The maximum Gasteiger partial charge on any atom is 0.162 e. The van der Waals surface area contributed by atoms with E-state index in [4.69, 9.17) is 15.2 Å². The maximum absolute atomic E-state index is 6.22. The van der Waals surface area contributed by atoms with Crippen LogP contribution in [-0.2, 0) is 0 Å². The molecule has 0 amide bonds. The number of aromatic nitrogens is 1. The van der Waals surface area contributed by atoms with Crippen LogP contribution in [-0.4, -0.2) is 18.1 Å². The van der Waals surface area contributed by atoms with Crippen LogP contribution in [0.15, 0.2) is 42.7 Å². The van der Waals surface area contributed by atoms with Gasteiger partial charge in [-0.2, -0.15) is 0 Å². The van der Waals surface area contributed by atoms with E-state index in [1.54, 1.807) is 19.5 Å². The van der Waals surface area contributed by atoms with Gasteiger partial charge in [-0.25, -0.2) is 0 Å². The van der Waals surface area contributed by atoms with Crippen molar-refractivity contribution in [3.63, 3.8) is 0 Å². The number of pyridine rings is 1. The van der Waals surface area contributed by atoms with E-state index in [9.17, 15) is 0 Å². The molecule has 112 valence electrons. The lowest BCUT2D eigenvalue weighted by molar-refractivity contribution is 0.164. The molecule has 21 heavy (non-hydrogen) atoms. The molecular formula is C17H22N2O2. The van der Waals surface area contributed by atoms with Gasteiger partial charge >= 0.3 is 0 Å². The Balaban J connectivity index is 2.32. The van der Waals surface area contributed by atoms with Gasteiger partial charge in [0.05, 0.1) is 7.11 Å². The molecule has 0 saturated carbocycles. The number of rotatable bonds is 6. The lowest BCUT2D eigenvalue weighted by Crippen LogP contribution is -2.31. The molecular weight excluding hydrogens is 264 g/mol. The summed E-state index contributed by atoms with van der Waals surface area (Å²) in [4.78, 5) is 4.15. The second-order valence-electron chi connectivity index (χ2n) is 5.05. The van der Waals surface area contributed by atoms with Crippen LogP contribution in [0, 0.1) is 6.92 Å². The monoisotopic (exact) mass is 286 g/mol. The van der Waals surface area contributed by atoms with Crippen molar-refractivity contribution in [2.75, 3.05) is 7.11 Å². The Morgan fingerprint density at radius 3 is 2.67 bits per heavy atom. The van der Waals surface area contributed by atoms with Gasteiger partial charge in [0, 0.05) is 24.0 Å². The molecule has 0 spiro atoms. The maximum atomic E-state index is 6.22. The van der Waals surface area contributed by atoms with E-state index in [2.05, 4.69) is 4.98 Å². The van der Waals surface area contributed by atoms with Gasteiger partial charge in [0.2, 0.25) is 0 Å². The highest BCUT2D eigenvalue weighted by Gasteiger charge is 2.22. The summed E-state index contributed by atoms with van der Waals surface area (Å²) in [6, 6.07) is 9.62. The molecule has 2 unspecified atom stereocenters. The third kappa shape index (κ3) is 3.73. The Morgan fingerprint density at radius 1 is 1.24 bits per heavy atom. The average Bonchev–Trinajstić information content (AvgIpc) is 2.53. The second kappa shape index (κ2) is 7.09. The lowest BCUT2D eigenvalue weighted by Gasteiger charge is -2.25. The topological polar surface area (TPSA) is 57.4 Å². The third-order valence-electron chi connectivity index (χ3n) is 3.45. The molecule has 0 aliphatic heterocycles. The molecule has 0 fully saturated rings. The van der Waals surface area contributed by atoms with Crippen molar-refractivity contribution in [2.24, 2.45) is 5.73 Å². The molecule has 4 nitrogen and oxygen atoms in total. The van der Waals surface area contributed by atoms with Crippen LogP contribution < -0.4 is 15.2 Å². The minimum absolute atomic E-state index is 0.111. The highest BCUT2D eigenvalue weighted by atomic mass is 16.5. The molecule has 1 aromatic carbocycles. The third-order valence-corrected chi connectivity index (χ3v) is 3.45. The molecule has 2 rings (SSSR count). The quantitative estimate of drug-likeness (QED) is 0.885. The summed E-state index contributed by atoms with van der Waals surface area (Å²) in [5.74, 6) is 1.41. The molecule has 2 atom stereocenters. The van der Waals surface area contributed by atoms with Gasteiger partial charge in [-0.15, -0.1) is 0 Å². The number of methoxy groups -OCH3 is 1. The summed E-state index contributed by atoms with van der Waals surface area (Å²) in [6.07, 6.45) is 4.10. The van der Waals surface area contributed by atoms with Crippen LogP contribution in [0.1, 0.15) is 30.6 Å². The van der Waals surface area contributed by atoms with Gasteiger partial charge < -0.3 is 15.2 Å². The highest BCUT2D eigenvalue weighted by Crippen LogP contribution is 2.33. The number of nitrogens with two attached hydrogens (primary N) is 1. The van der Waals surface area contributed by atoms with Crippen molar-refractivity contribution in [3.05, 3.63) is 53.9 Å². The molecule has 0 bridgehead atoms. The zero-order valence-corrected chi connectivity index (χ0v) is 12.7. The van der Waals surface area contributed by atoms with E-state index < -0.39 is 0 Å². The first kappa shape index (κ1) is 15.3. The van der Waals surface area contributed by atoms with E-state index in [0.29, 0.717) is 11.5 Å². The first-order chi connectivity index (χ1) is 10.2. The van der Waals surface area contributed by atoms with Crippen molar-refractivity contribution in [2.45, 2.75) is 32.4 Å². The van der Waals surface area contributed by atoms with Crippen molar-refractivity contribution < 1.29 is 9.47 Å². The summed E-state index contributed by atoms with van der Waals surface area (Å²) in [7, 11) is 1.64. The van der Waals surface area contributed by atoms with Crippen molar-refractivity contribution in [3.8, 4) is 11.5 Å². The van der Waals surface area contributed by atoms with Crippen molar-refractivity contribution >= 4 is 0 Å². The molecule has 2 aromatic rings.